The van der Waals surface area contributed by atoms with E-state index in [9.17, 15) is 4.79 Å². The Morgan fingerprint density at radius 2 is 1.95 bits per heavy atom. The molecule has 0 saturated carbocycles. The predicted octanol–water partition coefficient (Wildman–Crippen LogP) is 3.88. The molecular weight excluding hydrogens is 258 g/mol. The second-order valence-electron chi connectivity index (χ2n) is 5.71. The standard InChI is InChI=1S/C19H21NO/c1-3-18(21)20-12-11-16-13-14(2)9-10-17(16)19(20)15-7-5-4-6-8-15/h4-10,13,19H,3,11-12H2,1-2H3. The van der Waals surface area contributed by atoms with E-state index in [0.29, 0.717) is 6.42 Å². The van der Waals surface area contributed by atoms with Crippen LogP contribution >= 0.6 is 0 Å². The first-order valence-electron chi connectivity index (χ1n) is 7.64. The van der Waals surface area contributed by atoms with E-state index in [2.05, 4.69) is 37.3 Å². The van der Waals surface area contributed by atoms with Gasteiger partial charge in [-0.3, -0.25) is 4.79 Å². The highest BCUT2D eigenvalue weighted by Crippen LogP contribution is 2.35. The molecule has 108 valence electrons. The zero-order valence-corrected chi connectivity index (χ0v) is 12.7. The van der Waals surface area contributed by atoms with E-state index < -0.39 is 0 Å². The highest BCUT2D eigenvalue weighted by Gasteiger charge is 2.30. The molecule has 0 saturated heterocycles. The van der Waals surface area contributed by atoms with Crippen molar-refractivity contribution in [3.63, 3.8) is 0 Å². The van der Waals surface area contributed by atoms with Crippen molar-refractivity contribution in [3.8, 4) is 0 Å². The van der Waals surface area contributed by atoms with E-state index in [1.54, 1.807) is 0 Å². The lowest BCUT2D eigenvalue weighted by Gasteiger charge is -2.38. The zero-order chi connectivity index (χ0) is 14.8. The first-order valence-corrected chi connectivity index (χ1v) is 7.64. The van der Waals surface area contributed by atoms with Gasteiger partial charge in [-0.2, -0.15) is 0 Å². The third-order valence-electron chi connectivity index (χ3n) is 4.26. The Morgan fingerprint density at radius 3 is 2.67 bits per heavy atom. The molecule has 1 heterocycles. The molecule has 2 aromatic carbocycles. The van der Waals surface area contributed by atoms with Crippen molar-refractivity contribution >= 4 is 5.91 Å². The average Bonchev–Trinajstić information content (AvgIpc) is 2.53. The van der Waals surface area contributed by atoms with Crippen molar-refractivity contribution < 1.29 is 4.79 Å². The Kier molecular flexibility index (Phi) is 3.78. The van der Waals surface area contributed by atoms with Crippen LogP contribution in [0.4, 0.5) is 0 Å². The van der Waals surface area contributed by atoms with Crippen LogP contribution in [0.2, 0.25) is 0 Å². The van der Waals surface area contributed by atoms with Crippen LogP contribution in [0.3, 0.4) is 0 Å². The number of nitrogens with zero attached hydrogens (tertiary/aromatic N) is 1. The second kappa shape index (κ2) is 5.72. The number of amides is 1. The van der Waals surface area contributed by atoms with Gasteiger partial charge in [0.05, 0.1) is 6.04 Å². The fourth-order valence-electron chi connectivity index (χ4n) is 3.22. The van der Waals surface area contributed by atoms with Crippen LogP contribution < -0.4 is 0 Å². The first kappa shape index (κ1) is 13.9. The van der Waals surface area contributed by atoms with Gasteiger partial charge in [-0.05, 0) is 30.0 Å². The fraction of sp³-hybridized carbons (Fsp3) is 0.316. The van der Waals surface area contributed by atoms with Gasteiger partial charge in [0.25, 0.3) is 0 Å². The van der Waals surface area contributed by atoms with Gasteiger partial charge in [-0.15, -0.1) is 0 Å². The van der Waals surface area contributed by atoms with Crippen LogP contribution in [0, 0.1) is 6.92 Å². The molecule has 0 fully saturated rings. The Hall–Kier alpha value is -2.09. The summed E-state index contributed by atoms with van der Waals surface area (Å²) in [7, 11) is 0. The number of hydrogen-bond acceptors (Lipinski definition) is 1. The van der Waals surface area contributed by atoms with Crippen molar-refractivity contribution in [1.29, 1.82) is 0 Å². The van der Waals surface area contributed by atoms with Crippen molar-refractivity contribution in [2.24, 2.45) is 0 Å². The van der Waals surface area contributed by atoms with E-state index in [4.69, 9.17) is 0 Å². The molecule has 2 heteroatoms. The summed E-state index contributed by atoms with van der Waals surface area (Å²) in [6, 6.07) is 17.0. The van der Waals surface area contributed by atoms with Gasteiger partial charge in [0, 0.05) is 13.0 Å². The van der Waals surface area contributed by atoms with E-state index >= 15 is 0 Å². The normalized spacial score (nSPS) is 17.4. The zero-order valence-electron chi connectivity index (χ0n) is 12.7. The summed E-state index contributed by atoms with van der Waals surface area (Å²) in [6.45, 7) is 4.87. The molecule has 0 spiro atoms. The summed E-state index contributed by atoms with van der Waals surface area (Å²) in [5.41, 5.74) is 5.14. The Bertz CT molecular complexity index is 648. The van der Waals surface area contributed by atoms with Crippen LogP contribution in [0.15, 0.2) is 48.5 Å². The van der Waals surface area contributed by atoms with E-state index in [1.807, 2.05) is 30.0 Å². The number of carbonyl (C=O) groups excluding carboxylic acids is 1. The fourth-order valence-corrected chi connectivity index (χ4v) is 3.22. The molecule has 2 aromatic rings. The summed E-state index contributed by atoms with van der Waals surface area (Å²) in [5, 5.41) is 0. The molecule has 1 atom stereocenters. The van der Waals surface area contributed by atoms with Crippen molar-refractivity contribution in [2.75, 3.05) is 6.54 Å². The lowest BCUT2D eigenvalue weighted by Crippen LogP contribution is -2.40. The minimum Gasteiger partial charge on any atom is -0.331 e. The third kappa shape index (κ3) is 2.58. The minimum atomic E-state index is 0.0583. The third-order valence-corrected chi connectivity index (χ3v) is 4.26. The highest BCUT2D eigenvalue weighted by atomic mass is 16.2. The number of aryl methyl sites for hydroxylation is 1. The van der Waals surface area contributed by atoms with Gasteiger partial charge in [0.15, 0.2) is 0 Å². The largest absolute Gasteiger partial charge is 0.331 e. The predicted molar refractivity (Wildman–Crippen MR) is 85.2 cm³/mol. The Morgan fingerprint density at radius 1 is 1.19 bits per heavy atom. The van der Waals surface area contributed by atoms with Crippen LogP contribution in [0.25, 0.3) is 0 Å². The van der Waals surface area contributed by atoms with Gasteiger partial charge >= 0.3 is 0 Å². The quantitative estimate of drug-likeness (QED) is 0.817. The van der Waals surface area contributed by atoms with Gasteiger partial charge in [-0.1, -0.05) is 61.0 Å². The number of carbonyl (C=O) groups is 1. The molecule has 0 bridgehead atoms. The van der Waals surface area contributed by atoms with Crippen LogP contribution in [-0.4, -0.2) is 17.4 Å². The average molecular weight is 279 g/mol. The van der Waals surface area contributed by atoms with E-state index in [-0.39, 0.29) is 11.9 Å². The van der Waals surface area contributed by atoms with E-state index in [0.717, 1.165) is 13.0 Å². The molecule has 1 amide bonds. The molecule has 1 unspecified atom stereocenters. The highest BCUT2D eigenvalue weighted by molar-refractivity contribution is 5.77. The lowest BCUT2D eigenvalue weighted by molar-refractivity contribution is -0.132. The molecule has 3 rings (SSSR count). The summed E-state index contributed by atoms with van der Waals surface area (Å²) < 4.78 is 0. The molecule has 1 aliphatic rings. The number of benzene rings is 2. The Balaban J connectivity index is 2.11. The van der Waals surface area contributed by atoms with Crippen LogP contribution in [0.1, 0.15) is 41.6 Å². The second-order valence-corrected chi connectivity index (χ2v) is 5.71. The van der Waals surface area contributed by atoms with Gasteiger partial charge in [0.2, 0.25) is 5.91 Å². The summed E-state index contributed by atoms with van der Waals surface area (Å²) in [6.07, 6.45) is 1.51. The van der Waals surface area contributed by atoms with Crippen LogP contribution in [-0.2, 0) is 11.2 Å². The molecule has 0 radical (unpaired) electrons. The lowest BCUT2D eigenvalue weighted by atomic mass is 9.87. The molecular formula is C19H21NO. The van der Waals surface area contributed by atoms with Crippen molar-refractivity contribution in [3.05, 3.63) is 70.8 Å². The monoisotopic (exact) mass is 279 g/mol. The van der Waals surface area contributed by atoms with Crippen molar-refractivity contribution in [2.45, 2.75) is 32.7 Å². The minimum absolute atomic E-state index is 0.0583. The SMILES string of the molecule is CCC(=O)N1CCc2cc(C)ccc2C1c1ccccc1. The number of rotatable bonds is 2. The van der Waals surface area contributed by atoms with E-state index in [1.165, 1.54) is 22.3 Å². The molecule has 21 heavy (non-hydrogen) atoms. The molecule has 1 aliphatic heterocycles. The van der Waals surface area contributed by atoms with Gasteiger partial charge in [0.1, 0.15) is 0 Å². The maximum Gasteiger partial charge on any atom is 0.223 e. The maximum absolute atomic E-state index is 12.4. The topological polar surface area (TPSA) is 20.3 Å². The van der Waals surface area contributed by atoms with Gasteiger partial charge in [-0.25, -0.2) is 0 Å². The summed E-state index contributed by atoms with van der Waals surface area (Å²) in [4.78, 5) is 14.4. The molecule has 0 aliphatic carbocycles. The summed E-state index contributed by atoms with van der Waals surface area (Å²) in [5.74, 6) is 0.232. The number of fused-ring (bicyclic) bond motifs is 1. The maximum atomic E-state index is 12.4. The van der Waals surface area contributed by atoms with Gasteiger partial charge < -0.3 is 4.90 Å². The smallest absolute Gasteiger partial charge is 0.223 e. The summed E-state index contributed by atoms with van der Waals surface area (Å²) >= 11 is 0. The van der Waals surface area contributed by atoms with Crippen molar-refractivity contribution in [1.82, 2.24) is 4.90 Å². The van der Waals surface area contributed by atoms with Crippen LogP contribution in [0.5, 0.6) is 0 Å². The molecule has 0 N–H and O–H groups in total. The Labute approximate surface area is 126 Å². The first-order chi connectivity index (χ1) is 10.2. The molecule has 0 aromatic heterocycles. The number of hydrogen-bond donors (Lipinski definition) is 0. The molecule has 2 nitrogen and oxygen atoms in total.